The Morgan fingerprint density at radius 1 is 0.952 bits per heavy atom. The second kappa shape index (κ2) is 6.19. The molecule has 3 heteroatoms. The van der Waals surface area contributed by atoms with Crippen molar-refractivity contribution in [3.8, 4) is 5.75 Å². The molecule has 3 nitrogen and oxygen atoms in total. The van der Waals surface area contributed by atoms with E-state index in [4.69, 9.17) is 0 Å². The van der Waals surface area contributed by atoms with Crippen LogP contribution in [0.4, 0.5) is 5.69 Å². The van der Waals surface area contributed by atoms with Gasteiger partial charge in [0.2, 0.25) is 0 Å². The van der Waals surface area contributed by atoms with Gasteiger partial charge in [-0.1, -0.05) is 30.3 Å². The Bertz CT molecular complexity index is 560. The van der Waals surface area contributed by atoms with Crippen molar-refractivity contribution in [3.63, 3.8) is 0 Å². The molecule has 3 rings (SSSR count). The van der Waals surface area contributed by atoms with Crippen LogP contribution in [0, 0.1) is 0 Å². The van der Waals surface area contributed by atoms with E-state index < -0.39 is 0 Å². The van der Waals surface area contributed by atoms with Gasteiger partial charge in [-0.25, -0.2) is 0 Å². The summed E-state index contributed by atoms with van der Waals surface area (Å²) < 4.78 is 0. The van der Waals surface area contributed by atoms with E-state index in [1.807, 2.05) is 12.1 Å². The zero-order valence-electron chi connectivity index (χ0n) is 12.5. The van der Waals surface area contributed by atoms with Crippen molar-refractivity contribution in [2.24, 2.45) is 0 Å². The van der Waals surface area contributed by atoms with Gasteiger partial charge in [-0.3, -0.25) is 0 Å². The van der Waals surface area contributed by atoms with Crippen LogP contribution in [-0.2, 0) is 0 Å². The first-order chi connectivity index (χ1) is 10.2. The van der Waals surface area contributed by atoms with E-state index in [0.717, 1.165) is 26.2 Å². The first kappa shape index (κ1) is 14.0. The molecule has 0 spiro atoms. The van der Waals surface area contributed by atoms with Crippen LogP contribution in [0.5, 0.6) is 5.75 Å². The van der Waals surface area contributed by atoms with E-state index in [1.54, 1.807) is 17.0 Å². The van der Waals surface area contributed by atoms with Crippen LogP contribution in [0.15, 0.2) is 54.6 Å². The SMILES string of the molecule is C[C@H](c1ccccc1)[NH+]1CCN(c2ccc(O)cc2)CC1. The van der Waals surface area contributed by atoms with Gasteiger partial charge in [0.25, 0.3) is 0 Å². The fourth-order valence-corrected chi connectivity index (χ4v) is 3.13. The number of hydrogen-bond acceptors (Lipinski definition) is 2. The first-order valence-corrected chi connectivity index (χ1v) is 7.67. The number of phenolic OH excluding ortho intramolecular Hbond substituents is 1. The second-order valence-electron chi connectivity index (χ2n) is 5.79. The van der Waals surface area contributed by atoms with Gasteiger partial charge < -0.3 is 14.9 Å². The molecule has 2 N–H and O–H groups in total. The fraction of sp³-hybridized carbons (Fsp3) is 0.333. The van der Waals surface area contributed by atoms with Gasteiger partial charge in [0, 0.05) is 11.3 Å². The Labute approximate surface area is 126 Å². The number of nitrogens with zero attached hydrogens (tertiary/aromatic N) is 1. The van der Waals surface area contributed by atoms with Crippen molar-refractivity contribution in [1.29, 1.82) is 0 Å². The summed E-state index contributed by atoms with van der Waals surface area (Å²) in [6.07, 6.45) is 0. The molecule has 0 saturated carbocycles. The quantitative estimate of drug-likeness (QED) is 0.900. The topological polar surface area (TPSA) is 27.9 Å². The molecule has 1 heterocycles. The second-order valence-corrected chi connectivity index (χ2v) is 5.79. The molecule has 0 aliphatic carbocycles. The van der Waals surface area contributed by atoms with E-state index in [0.29, 0.717) is 11.8 Å². The van der Waals surface area contributed by atoms with E-state index in [9.17, 15) is 5.11 Å². The molecule has 21 heavy (non-hydrogen) atoms. The van der Waals surface area contributed by atoms with Gasteiger partial charge in [-0.15, -0.1) is 0 Å². The summed E-state index contributed by atoms with van der Waals surface area (Å²) in [4.78, 5) is 4.05. The third kappa shape index (κ3) is 3.19. The zero-order chi connectivity index (χ0) is 14.7. The highest BCUT2D eigenvalue weighted by Crippen LogP contribution is 2.18. The van der Waals surface area contributed by atoms with Crippen molar-refractivity contribution < 1.29 is 10.0 Å². The van der Waals surface area contributed by atoms with Crippen LogP contribution < -0.4 is 9.80 Å². The first-order valence-electron chi connectivity index (χ1n) is 7.67. The van der Waals surface area contributed by atoms with Gasteiger partial charge in [-0.2, -0.15) is 0 Å². The largest absolute Gasteiger partial charge is 0.508 e. The van der Waals surface area contributed by atoms with E-state index in [1.165, 1.54) is 11.3 Å². The van der Waals surface area contributed by atoms with E-state index in [-0.39, 0.29) is 0 Å². The molecule has 1 aliphatic heterocycles. The molecule has 0 unspecified atom stereocenters. The van der Waals surface area contributed by atoms with E-state index in [2.05, 4.69) is 42.2 Å². The lowest BCUT2D eigenvalue weighted by molar-refractivity contribution is -0.930. The van der Waals surface area contributed by atoms with Gasteiger partial charge in [-0.05, 0) is 31.2 Å². The molecule has 0 radical (unpaired) electrons. The molecule has 1 atom stereocenters. The summed E-state index contributed by atoms with van der Waals surface area (Å²) in [6.45, 7) is 6.75. The summed E-state index contributed by atoms with van der Waals surface area (Å²) in [5.41, 5.74) is 2.63. The smallest absolute Gasteiger partial charge is 0.115 e. The fourth-order valence-electron chi connectivity index (χ4n) is 3.13. The molecule has 2 aromatic carbocycles. The van der Waals surface area contributed by atoms with Crippen LogP contribution in [-0.4, -0.2) is 31.3 Å². The molecule has 110 valence electrons. The minimum atomic E-state index is 0.334. The Morgan fingerprint density at radius 2 is 1.57 bits per heavy atom. The average Bonchev–Trinajstić information content (AvgIpc) is 2.56. The summed E-state index contributed by atoms with van der Waals surface area (Å²) in [5.74, 6) is 0.334. The molecule has 1 aliphatic rings. The standard InChI is InChI=1S/C18H22N2O/c1-15(16-5-3-2-4-6-16)19-11-13-20(14-12-19)17-7-9-18(21)10-8-17/h2-10,15,21H,11-14H2,1H3/p+1/t15-/m1/s1. The summed E-state index contributed by atoms with van der Waals surface area (Å²) in [7, 11) is 0. The number of anilines is 1. The number of nitrogens with one attached hydrogen (secondary N) is 1. The monoisotopic (exact) mass is 283 g/mol. The highest BCUT2D eigenvalue weighted by Gasteiger charge is 2.25. The van der Waals surface area contributed by atoms with Crippen molar-refractivity contribution in [2.75, 3.05) is 31.1 Å². The van der Waals surface area contributed by atoms with Gasteiger partial charge in [0.15, 0.2) is 0 Å². The van der Waals surface area contributed by atoms with E-state index >= 15 is 0 Å². The molecule has 0 bridgehead atoms. The number of piperazine rings is 1. The lowest BCUT2D eigenvalue weighted by Gasteiger charge is -2.36. The number of quaternary nitrogens is 1. The summed E-state index contributed by atoms with van der Waals surface area (Å²) >= 11 is 0. The van der Waals surface area contributed by atoms with Gasteiger partial charge >= 0.3 is 0 Å². The molecule has 2 aromatic rings. The Kier molecular flexibility index (Phi) is 4.11. The third-order valence-corrected chi connectivity index (χ3v) is 4.53. The van der Waals surface area contributed by atoms with Crippen molar-refractivity contribution in [2.45, 2.75) is 13.0 Å². The molecular weight excluding hydrogens is 260 g/mol. The Hall–Kier alpha value is -2.00. The Balaban J connectivity index is 1.61. The number of benzene rings is 2. The van der Waals surface area contributed by atoms with Crippen LogP contribution in [0.2, 0.25) is 0 Å². The van der Waals surface area contributed by atoms with Crippen molar-refractivity contribution in [3.05, 3.63) is 60.2 Å². The lowest BCUT2D eigenvalue weighted by Crippen LogP contribution is -3.14. The minimum absolute atomic E-state index is 0.334. The van der Waals surface area contributed by atoms with Gasteiger partial charge in [0.1, 0.15) is 11.8 Å². The van der Waals surface area contributed by atoms with Crippen molar-refractivity contribution in [1.82, 2.24) is 0 Å². The molecule has 1 saturated heterocycles. The van der Waals surface area contributed by atoms with Crippen LogP contribution in [0.1, 0.15) is 18.5 Å². The normalized spacial score (nSPS) is 17.7. The number of rotatable bonds is 3. The number of phenols is 1. The summed E-state index contributed by atoms with van der Waals surface area (Å²) in [6, 6.07) is 18.9. The van der Waals surface area contributed by atoms with Crippen LogP contribution in [0.25, 0.3) is 0 Å². The number of aromatic hydroxyl groups is 1. The number of hydrogen-bond donors (Lipinski definition) is 2. The van der Waals surface area contributed by atoms with Gasteiger partial charge in [0.05, 0.1) is 26.2 Å². The molecule has 1 fully saturated rings. The predicted octanol–water partition coefficient (Wildman–Crippen LogP) is 1.86. The predicted molar refractivity (Wildman–Crippen MR) is 85.9 cm³/mol. The summed E-state index contributed by atoms with van der Waals surface area (Å²) in [5, 5.41) is 9.37. The van der Waals surface area contributed by atoms with Crippen LogP contribution >= 0.6 is 0 Å². The average molecular weight is 283 g/mol. The van der Waals surface area contributed by atoms with Crippen molar-refractivity contribution >= 4 is 5.69 Å². The molecule has 0 amide bonds. The third-order valence-electron chi connectivity index (χ3n) is 4.53. The highest BCUT2D eigenvalue weighted by molar-refractivity contribution is 5.48. The maximum atomic E-state index is 9.37. The maximum Gasteiger partial charge on any atom is 0.115 e. The zero-order valence-corrected chi connectivity index (χ0v) is 12.5. The lowest BCUT2D eigenvalue weighted by atomic mass is 10.1. The molecule has 0 aromatic heterocycles. The van der Waals surface area contributed by atoms with Crippen LogP contribution in [0.3, 0.4) is 0 Å². The maximum absolute atomic E-state index is 9.37. The Morgan fingerprint density at radius 3 is 2.19 bits per heavy atom. The minimum Gasteiger partial charge on any atom is -0.508 e. The molecular formula is C18H23N2O+. The highest BCUT2D eigenvalue weighted by atomic mass is 16.3.